The number of alkyl halides is 1. The molecular formula is C7H17ClO4. The highest BCUT2D eigenvalue weighted by Crippen LogP contribution is 1.70. The van der Waals surface area contributed by atoms with Gasteiger partial charge >= 0.3 is 0 Å². The Morgan fingerprint density at radius 3 is 1.75 bits per heavy atom. The summed E-state index contributed by atoms with van der Waals surface area (Å²) in [6.07, 6.45) is 0. The van der Waals surface area contributed by atoms with Gasteiger partial charge < -0.3 is 19.7 Å². The molecule has 2 N–H and O–H groups in total. The fraction of sp³-hybridized carbons (Fsp3) is 1.00. The molecule has 0 aliphatic heterocycles. The topological polar surface area (TPSA) is 58.9 Å². The maximum Gasteiger partial charge on any atom is 0.0698 e. The molecule has 0 amide bonds. The highest BCUT2D eigenvalue weighted by Gasteiger charge is 1.79. The molecule has 4 nitrogen and oxygen atoms in total. The Bertz CT molecular complexity index is 57.4. The van der Waals surface area contributed by atoms with Crippen molar-refractivity contribution < 1.29 is 19.7 Å². The molecular weight excluding hydrogens is 184 g/mol. The van der Waals surface area contributed by atoms with Crippen molar-refractivity contribution in [2.75, 3.05) is 46.0 Å². The summed E-state index contributed by atoms with van der Waals surface area (Å²) >= 11 is 5.18. The van der Waals surface area contributed by atoms with Crippen LogP contribution < -0.4 is 0 Å². The minimum atomic E-state index is 0.0278. The highest BCUT2D eigenvalue weighted by molar-refractivity contribution is 6.17. The van der Waals surface area contributed by atoms with Crippen LogP contribution in [0, 0.1) is 0 Å². The first kappa shape index (κ1) is 14.6. The maximum atomic E-state index is 8.09. The smallest absolute Gasteiger partial charge is 0.0698 e. The van der Waals surface area contributed by atoms with E-state index in [1.807, 2.05) is 0 Å². The van der Waals surface area contributed by atoms with E-state index in [0.29, 0.717) is 25.7 Å². The summed E-state index contributed by atoms with van der Waals surface area (Å²) in [4.78, 5) is 0. The van der Waals surface area contributed by atoms with E-state index in [1.165, 1.54) is 0 Å². The van der Waals surface area contributed by atoms with Crippen molar-refractivity contribution in [3.8, 4) is 0 Å². The molecule has 0 rings (SSSR count). The van der Waals surface area contributed by atoms with Crippen molar-refractivity contribution in [1.29, 1.82) is 0 Å². The van der Waals surface area contributed by atoms with E-state index in [0.717, 1.165) is 0 Å². The SMILES string of the molecule is COCCCl.OCCOCCO. The molecule has 0 bridgehead atoms. The van der Waals surface area contributed by atoms with E-state index in [1.54, 1.807) is 7.11 Å². The fourth-order valence-corrected chi connectivity index (χ4v) is 0.463. The molecule has 0 aromatic heterocycles. The predicted octanol–water partition coefficient (Wildman–Crippen LogP) is -0.141. The van der Waals surface area contributed by atoms with Crippen molar-refractivity contribution in [3.05, 3.63) is 0 Å². The van der Waals surface area contributed by atoms with Crippen LogP contribution in [0.4, 0.5) is 0 Å². The first-order chi connectivity index (χ1) is 5.83. The Balaban J connectivity index is 0. The molecule has 5 heteroatoms. The minimum Gasteiger partial charge on any atom is -0.394 e. The van der Waals surface area contributed by atoms with Crippen molar-refractivity contribution in [3.63, 3.8) is 0 Å². The lowest BCUT2D eigenvalue weighted by atomic mass is 10.7. The molecule has 0 heterocycles. The Kier molecular flexibility index (Phi) is 21.1. The summed E-state index contributed by atoms with van der Waals surface area (Å²) in [6.45, 7) is 1.35. The van der Waals surface area contributed by atoms with E-state index in [4.69, 9.17) is 21.8 Å². The number of hydrogen-bond donors (Lipinski definition) is 2. The molecule has 12 heavy (non-hydrogen) atoms. The average molecular weight is 201 g/mol. The summed E-state index contributed by atoms with van der Waals surface area (Å²) in [7, 11) is 1.63. The van der Waals surface area contributed by atoms with E-state index >= 15 is 0 Å². The number of aliphatic hydroxyl groups excluding tert-OH is 2. The molecule has 0 saturated heterocycles. The predicted molar refractivity (Wildman–Crippen MR) is 47.6 cm³/mol. The number of halogens is 1. The van der Waals surface area contributed by atoms with E-state index < -0.39 is 0 Å². The molecule has 0 atom stereocenters. The van der Waals surface area contributed by atoms with Gasteiger partial charge in [0.1, 0.15) is 0 Å². The Morgan fingerprint density at radius 1 is 1.08 bits per heavy atom. The molecule has 0 aliphatic rings. The van der Waals surface area contributed by atoms with Crippen LogP contribution in [0.25, 0.3) is 0 Å². The van der Waals surface area contributed by atoms with Gasteiger partial charge in [0, 0.05) is 13.0 Å². The summed E-state index contributed by atoms with van der Waals surface area (Å²) in [5, 5.41) is 16.2. The zero-order chi connectivity index (χ0) is 9.66. The maximum absolute atomic E-state index is 8.09. The number of hydrogen-bond acceptors (Lipinski definition) is 4. The van der Waals surface area contributed by atoms with Gasteiger partial charge in [-0.25, -0.2) is 0 Å². The van der Waals surface area contributed by atoms with Crippen molar-refractivity contribution in [1.82, 2.24) is 0 Å². The van der Waals surface area contributed by atoms with Crippen LogP contribution >= 0.6 is 11.6 Å². The second-order valence-corrected chi connectivity index (χ2v) is 2.12. The quantitative estimate of drug-likeness (QED) is 0.463. The monoisotopic (exact) mass is 200 g/mol. The van der Waals surface area contributed by atoms with Crippen molar-refractivity contribution in [2.24, 2.45) is 0 Å². The molecule has 0 radical (unpaired) electrons. The number of methoxy groups -OCH3 is 1. The number of aliphatic hydroxyl groups is 2. The minimum absolute atomic E-state index is 0.0278. The van der Waals surface area contributed by atoms with E-state index in [-0.39, 0.29) is 13.2 Å². The molecule has 0 aliphatic carbocycles. The van der Waals surface area contributed by atoms with Gasteiger partial charge in [-0.1, -0.05) is 0 Å². The second kappa shape index (κ2) is 17.3. The van der Waals surface area contributed by atoms with Gasteiger partial charge in [-0.3, -0.25) is 0 Å². The van der Waals surface area contributed by atoms with Gasteiger partial charge in [0.25, 0.3) is 0 Å². The summed E-state index contributed by atoms with van der Waals surface area (Å²) in [5.74, 6) is 0.594. The van der Waals surface area contributed by atoms with Gasteiger partial charge in [0.05, 0.1) is 33.0 Å². The first-order valence-corrected chi connectivity index (χ1v) is 4.21. The largest absolute Gasteiger partial charge is 0.394 e. The molecule has 0 spiro atoms. The van der Waals surface area contributed by atoms with Gasteiger partial charge in [-0.2, -0.15) is 0 Å². The van der Waals surface area contributed by atoms with Gasteiger partial charge in [-0.15, -0.1) is 11.6 Å². The van der Waals surface area contributed by atoms with Gasteiger partial charge in [0.15, 0.2) is 0 Å². The van der Waals surface area contributed by atoms with Crippen LogP contribution in [0.1, 0.15) is 0 Å². The Hall–Kier alpha value is 0.130. The van der Waals surface area contributed by atoms with Crippen LogP contribution in [-0.4, -0.2) is 56.2 Å². The molecule has 0 aromatic carbocycles. The zero-order valence-corrected chi connectivity index (χ0v) is 8.09. The average Bonchev–Trinajstić information content (AvgIpc) is 2.08. The molecule has 0 fully saturated rings. The zero-order valence-electron chi connectivity index (χ0n) is 7.33. The molecule has 0 unspecified atom stereocenters. The lowest BCUT2D eigenvalue weighted by Gasteiger charge is -1.94. The van der Waals surface area contributed by atoms with Crippen LogP contribution in [0.5, 0.6) is 0 Å². The first-order valence-electron chi connectivity index (χ1n) is 3.67. The Morgan fingerprint density at radius 2 is 1.58 bits per heavy atom. The standard InChI is InChI=1S/C4H10O3.C3H7ClO/c5-1-3-7-4-2-6;1-5-3-2-4/h5-6H,1-4H2;2-3H2,1H3. The Labute approximate surface area is 78.1 Å². The normalized spacial score (nSPS) is 9.00. The molecule has 0 aromatic rings. The third kappa shape index (κ3) is 22.5. The van der Waals surface area contributed by atoms with Crippen LogP contribution in [-0.2, 0) is 9.47 Å². The third-order valence-corrected chi connectivity index (χ3v) is 0.907. The lowest BCUT2D eigenvalue weighted by Crippen LogP contribution is -2.03. The summed E-state index contributed by atoms with van der Waals surface area (Å²) < 4.78 is 9.19. The molecule has 76 valence electrons. The van der Waals surface area contributed by atoms with Gasteiger partial charge in [-0.05, 0) is 0 Å². The summed E-state index contributed by atoms with van der Waals surface area (Å²) in [5.41, 5.74) is 0. The second-order valence-electron chi connectivity index (χ2n) is 1.74. The van der Waals surface area contributed by atoms with Gasteiger partial charge in [0.2, 0.25) is 0 Å². The van der Waals surface area contributed by atoms with Crippen LogP contribution in [0.15, 0.2) is 0 Å². The summed E-state index contributed by atoms with van der Waals surface area (Å²) in [6, 6.07) is 0. The van der Waals surface area contributed by atoms with E-state index in [2.05, 4.69) is 9.47 Å². The van der Waals surface area contributed by atoms with Crippen molar-refractivity contribution >= 4 is 11.6 Å². The van der Waals surface area contributed by atoms with Crippen LogP contribution in [0.2, 0.25) is 0 Å². The van der Waals surface area contributed by atoms with Crippen molar-refractivity contribution in [2.45, 2.75) is 0 Å². The number of ether oxygens (including phenoxy) is 2. The molecule has 0 saturated carbocycles. The fourth-order valence-electron chi connectivity index (χ4n) is 0.308. The van der Waals surface area contributed by atoms with E-state index in [9.17, 15) is 0 Å². The number of rotatable bonds is 6. The highest BCUT2D eigenvalue weighted by atomic mass is 35.5. The van der Waals surface area contributed by atoms with Crippen LogP contribution in [0.3, 0.4) is 0 Å². The lowest BCUT2D eigenvalue weighted by molar-refractivity contribution is 0.0650. The third-order valence-electron chi connectivity index (χ3n) is 0.753.